The highest BCUT2D eigenvalue weighted by molar-refractivity contribution is 8.00. The van der Waals surface area contributed by atoms with Crippen LogP contribution in [0.25, 0.3) is 0 Å². The summed E-state index contributed by atoms with van der Waals surface area (Å²) < 4.78 is 31.1. The first-order chi connectivity index (χ1) is 20.4. The SMILES string of the molecule is CO/N=C(/C(=O)N[C@@H]1C(=O)N2C(C(=O)O)=C(COC(=O)c3ccc(NS(=O)(=O)CCN)c(O)c3)CS[C@H]12)c1csc(N)n1.Cl.Cl. The van der Waals surface area contributed by atoms with Crippen molar-refractivity contribution in [3.8, 4) is 5.75 Å². The van der Waals surface area contributed by atoms with Gasteiger partial charge < -0.3 is 36.6 Å². The highest BCUT2D eigenvalue weighted by atomic mass is 35.5. The number of carboxylic acid groups (broad SMARTS) is 1. The van der Waals surface area contributed by atoms with Crippen molar-refractivity contribution in [3.05, 3.63) is 46.1 Å². The summed E-state index contributed by atoms with van der Waals surface area (Å²) in [6.07, 6.45) is 0. The van der Waals surface area contributed by atoms with Gasteiger partial charge in [-0.2, -0.15) is 0 Å². The fraction of sp³-hybridized carbons (Fsp3) is 0.304. The molecule has 1 aromatic carbocycles. The number of ether oxygens (including phenoxy) is 1. The van der Waals surface area contributed by atoms with Gasteiger partial charge >= 0.3 is 11.9 Å². The number of carboxylic acids is 1. The number of oxime groups is 1. The van der Waals surface area contributed by atoms with Gasteiger partial charge in [0.25, 0.3) is 11.8 Å². The summed E-state index contributed by atoms with van der Waals surface area (Å²) >= 11 is 2.21. The number of aromatic nitrogens is 1. The van der Waals surface area contributed by atoms with E-state index in [2.05, 4.69) is 20.2 Å². The lowest BCUT2D eigenvalue weighted by Gasteiger charge is -2.49. The number of phenolic OH excluding ortho intramolecular Hbond substituents is 1. The van der Waals surface area contributed by atoms with Crippen molar-refractivity contribution in [2.75, 3.05) is 42.2 Å². The number of amides is 2. The van der Waals surface area contributed by atoms with Crippen molar-refractivity contribution in [2.45, 2.75) is 11.4 Å². The third-order valence-electron chi connectivity index (χ3n) is 5.96. The number of nitrogens with zero attached hydrogens (tertiary/aromatic N) is 3. The van der Waals surface area contributed by atoms with Crippen molar-refractivity contribution in [2.24, 2.45) is 10.9 Å². The van der Waals surface area contributed by atoms with E-state index in [4.69, 9.17) is 21.0 Å². The van der Waals surface area contributed by atoms with Crippen LogP contribution in [-0.2, 0) is 34.0 Å². The lowest BCUT2D eigenvalue weighted by Crippen LogP contribution is -2.71. The van der Waals surface area contributed by atoms with Gasteiger partial charge in [0.05, 0.1) is 17.0 Å². The van der Waals surface area contributed by atoms with Crippen molar-refractivity contribution in [1.82, 2.24) is 15.2 Å². The van der Waals surface area contributed by atoms with E-state index in [0.717, 1.165) is 40.1 Å². The predicted octanol–water partition coefficient (Wildman–Crippen LogP) is -0.0790. The Morgan fingerprint density at radius 2 is 1.98 bits per heavy atom. The van der Waals surface area contributed by atoms with E-state index in [1.165, 1.54) is 18.6 Å². The van der Waals surface area contributed by atoms with Gasteiger partial charge in [-0.05, 0) is 18.2 Å². The number of thiazole rings is 1. The predicted molar refractivity (Wildman–Crippen MR) is 169 cm³/mol. The minimum atomic E-state index is -3.81. The lowest BCUT2D eigenvalue weighted by molar-refractivity contribution is -0.150. The summed E-state index contributed by atoms with van der Waals surface area (Å²) in [6.45, 7) is -0.637. The lowest BCUT2D eigenvalue weighted by atomic mass is 10.0. The molecule has 246 valence electrons. The number of nitrogens with one attached hydrogen (secondary N) is 2. The molecule has 3 heterocycles. The number of aromatic hydroxyl groups is 1. The molecule has 0 spiro atoms. The van der Waals surface area contributed by atoms with Crippen LogP contribution in [-0.4, -0.2) is 101 Å². The van der Waals surface area contributed by atoms with Gasteiger partial charge in [0.1, 0.15) is 42.3 Å². The van der Waals surface area contributed by atoms with E-state index in [9.17, 15) is 37.8 Å². The van der Waals surface area contributed by atoms with Crippen LogP contribution in [0.2, 0.25) is 0 Å². The first-order valence-corrected chi connectivity index (χ1v) is 15.7. The summed E-state index contributed by atoms with van der Waals surface area (Å²) in [5, 5.41) is 27.1. The molecule has 0 saturated carbocycles. The van der Waals surface area contributed by atoms with Crippen LogP contribution >= 0.6 is 47.9 Å². The molecule has 1 aromatic heterocycles. The summed E-state index contributed by atoms with van der Waals surface area (Å²) in [5.74, 6) is -4.76. The Morgan fingerprint density at radius 3 is 2.56 bits per heavy atom. The minimum Gasteiger partial charge on any atom is -0.506 e. The van der Waals surface area contributed by atoms with E-state index in [-0.39, 0.29) is 76.2 Å². The second kappa shape index (κ2) is 15.5. The van der Waals surface area contributed by atoms with Gasteiger partial charge in [-0.15, -0.1) is 47.9 Å². The molecular formula is C23H27Cl2N7O10S3. The van der Waals surface area contributed by atoms with Gasteiger partial charge in [-0.3, -0.25) is 19.2 Å². The van der Waals surface area contributed by atoms with Crippen LogP contribution in [0.4, 0.5) is 10.8 Å². The molecule has 2 amide bonds. The Labute approximate surface area is 276 Å². The maximum absolute atomic E-state index is 13.0. The second-order valence-corrected chi connectivity index (χ2v) is 12.7. The van der Waals surface area contributed by atoms with Crippen LogP contribution in [0, 0.1) is 0 Å². The number of anilines is 2. The number of sulfonamides is 1. The van der Waals surface area contributed by atoms with E-state index >= 15 is 0 Å². The summed E-state index contributed by atoms with van der Waals surface area (Å²) in [7, 11) is -2.58. The number of hydrogen-bond donors (Lipinski definition) is 6. The van der Waals surface area contributed by atoms with Gasteiger partial charge in [0.2, 0.25) is 10.0 Å². The number of benzene rings is 1. The largest absolute Gasteiger partial charge is 0.506 e. The number of nitrogen functional groups attached to an aromatic ring is 1. The molecule has 45 heavy (non-hydrogen) atoms. The first kappa shape index (κ1) is 37.4. The number of aliphatic carboxylic acids is 1. The Balaban J connectivity index is 0.00000353. The van der Waals surface area contributed by atoms with Gasteiger partial charge in [-0.1, -0.05) is 5.16 Å². The number of esters is 1. The molecule has 2 atom stereocenters. The van der Waals surface area contributed by atoms with E-state index in [1.54, 1.807) is 0 Å². The number of carbonyl (C=O) groups is 4. The van der Waals surface area contributed by atoms with Crippen molar-refractivity contribution in [1.29, 1.82) is 0 Å². The van der Waals surface area contributed by atoms with E-state index in [1.807, 2.05) is 0 Å². The first-order valence-electron chi connectivity index (χ1n) is 12.1. The molecule has 0 radical (unpaired) electrons. The van der Waals surface area contributed by atoms with Crippen LogP contribution in [0.1, 0.15) is 16.1 Å². The Kier molecular flexibility index (Phi) is 12.8. The van der Waals surface area contributed by atoms with Crippen LogP contribution in [0.15, 0.2) is 40.0 Å². The fourth-order valence-corrected chi connectivity index (χ4v) is 6.85. The number of β-lactam (4-membered cyclic amide) rings is 1. The summed E-state index contributed by atoms with van der Waals surface area (Å²) in [5.41, 5.74) is 10.2. The average Bonchev–Trinajstić information content (AvgIpc) is 3.38. The number of rotatable bonds is 12. The zero-order chi connectivity index (χ0) is 31.5. The molecule has 17 nitrogen and oxygen atoms in total. The van der Waals surface area contributed by atoms with Gasteiger partial charge in [0.15, 0.2) is 10.8 Å². The molecule has 1 fully saturated rings. The Bertz CT molecular complexity index is 1650. The molecule has 4 rings (SSSR count). The molecule has 0 unspecified atom stereocenters. The number of fused-ring (bicyclic) bond motifs is 1. The molecule has 2 aliphatic rings. The highest BCUT2D eigenvalue weighted by Crippen LogP contribution is 2.40. The fourth-order valence-electron chi connectivity index (χ4n) is 4.05. The molecule has 1 saturated heterocycles. The smallest absolute Gasteiger partial charge is 0.352 e. The molecule has 22 heteroatoms. The van der Waals surface area contributed by atoms with Crippen LogP contribution in [0.3, 0.4) is 0 Å². The topological polar surface area (TPSA) is 266 Å². The number of nitrogens with two attached hydrogens (primary N) is 2. The number of halogens is 2. The molecule has 2 aliphatic heterocycles. The molecule has 0 bridgehead atoms. The molecule has 0 aliphatic carbocycles. The second-order valence-electron chi connectivity index (χ2n) is 8.83. The van der Waals surface area contributed by atoms with Crippen molar-refractivity contribution in [3.63, 3.8) is 0 Å². The zero-order valence-electron chi connectivity index (χ0n) is 23.0. The maximum Gasteiger partial charge on any atom is 0.352 e. The van der Waals surface area contributed by atoms with Crippen molar-refractivity contribution < 1.29 is 47.4 Å². The normalized spacial score (nSPS) is 17.6. The number of thioether (sulfide) groups is 1. The summed E-state index contributed by atoms with van der Waals surface area (Å²) in [4.78, 5) is 60.3. The summed E-state index contributed by atoms with van der Waals surface area (Å²) in [6, 6.07) is 2.25. The van der Waals surface area contributed by atoms with Gasteiger partial charge in [-0.25, -0.2) is 23.0 Å². The third-order valence-corrected chi connectivity index (χ3v) is 9.28. The van der Waals surface area contributed by atoms with Crippen molar-refractivity contribution >= 4 is 98.2 Å². The molecule has 2 aromatic rings. The quantitative estimate of drug-likeness (QED) is 0.0549. The van der Waals surface area contributed by atoms with E-state index in [0.29, 0.717) is 0 Å². The monoisotopic (exact) mass is 727 g/mol. The zero-order valence-corrected chi connectivity index (χ0v) is 27.1. The minimum absolute atomic E-state index is 0. The Hall–Kier alpha value is -3.82. The van der Waals surface area contributed by atoms with Crippen LogP contribution in [0.5, 0.6) is 5.75 Å². The van der Waals surface area contributed by atoms with E-state index < -0.39 is 63.2 Å². The molecule has 8 N–H and O–H groups in total. The standard InChI is InChI=1S/C23H25N7O10S3.2ClH/c1-39-28-15(13-9-42-23(25)26-13)18(32)27-16-19(33)30-17(21(34)35)11(8-41-20(16)30)7-40-22(36)10-2-3-12(14(31)6-10)29-43(37,38)5-4-24;;/h2-3,6,9,16,20,29,31H,4-5,7-8,24H2,1H3,(H2,25,26)(H,27,32)(H,34,35);2*1H/b28-15+;;/t16-,20-;;/m1../s1. The Morgan fingerprint density at radius 1 is 1.27 bits per heavy atom. The highest BCUT2D eigenvalue weighted by Gasteiger charge is 2.54. The van der Waals surface area contributed by atoms with Gasteiger partial charge in [0, 0.05) is 23.3 Å². The number of hydrogen-bond acceptors (Lipinski definition) is 15. The number of carbonyl (C=O) groups excluding carboxylic acids is 3. The van der Waals surface area contributed by atoms with Crippen LogP contribution < -0.4 is 21.5 Å². The third kappa shape index (κ3) is 8.27. The average molecular weight is 729 g/mol. The number of phenols is 1. The molecular weight excluding hydrogens is 701 g/mol. The maximum atomic E-state index is 13.0.